The van der Waals surface area contributed by atoms with Crippen LogP contribution in [0.1, 0.15) is 25.5 Å². The molecule has 24 heavy (non-hydrogen) atoms. The highest BCUT2D eigenvalue weighted by molar-refractivity contribution is 5.80. The Bertz CT molecular complexity index is 705. The van der Waals surface area contributed by atoms with Crippen LogP contribution in [0.3, 0.4) is 0 Å². The summed E-state index contributed by atoms with van der Waals surface area (Å²) < 4.78 is 2.00. The third kappa shape index (κ3) is 3.67. The predicted molar refractivity (Wildman–Crippen MR) is 93.8 cm³/mol. The third-order valence-electron chi connectivity index (χ3n) is 4.26. The number of aliphatic imine (C=N–C) groups is 1. The maximum absolute atomic E-state index is 11.8. The van der Waals surface area contributed by atoms with Crippen molar-refractivity contribution >= 4 is 17.5 Å². The average Bonchev–Trinajstić information content (AvgIpc) is 3.24. The summed E-state index contributed by atoms with van der Waals surface area (Å²) in [7, 11) is 1.75. The fourth-order valence-electron chi connectivity index (χ4n) is 2.96. The lowest BCUT2D eigenvalue weighted by Gasteiger charge is -2.18. The number of likely N-dealkylation sites (tertiary alicyclic amines) is 1. The van der Waals surface area contributed by atoms with Crippen LogP contribution in [0.25, 0.3) is 5.65 Å². The lowest BCUT2D eigenvalue weighted by molar-refractivity contribution is -0.129. The number of pyridine rings is 1. The van der Waals surface area contributed by atoms with Gasteiger partial charge in [-0.1, -0.05) is 13.0 Å². The number of hydrogen-bond acceptors (Lipinski definition) is 3. The van der Waals surface area contributed by atoms with Crippen molar-refractivity contribution in [3.8, 4) is 0 Å². The van der Waals surface area contributed by atoms with Gasteiger partial charge in [0.1, 0.15) is 5.65 Å². The zero-order valence-corrected chi connectivity index (χ0v) is 14.2. The Hall–Kier alpha value is -2.57. The zero-order valence-electron chi connectivity index (χ0n) is 14.2. The predicted octanol–water partition coefficient (Wildman–Crippen LogP) is 1.01. The van der Waals surface area contributed by atoms with Crippen molar-refractivity contribution < 1.29 is 4.79 Å². The van der Waals surface area contributed by atoms with Gasteiger partial charge in [-0.3, -0.25) is 9.79 Å². The lowest BCUT2D eigenvalue weighted by atomic mass is 10.3. The monoisotopic (exact) mass is 328 g/mol. The molecule has 128 valence electrons. The summed E-state index contributed by atoms with van der Waals surface area (Å²) in [5.74, 6) is 0.954. The van der Waals surface area contributed by atoms with Crippen LogP contribution < -0.4 is 10.6 Å². The number of aromatic nitrogens is 2. The summed E-state index contributed by atoms with van der Waals surface area (Å²) >= 11 is 0. The molecule has 1 fully saturated rings. The number of carbonyl (C=O) groups excluding carboxylic acids is 1. The van der Waals surface area contributed by atoms with E-state index in [4.69, 9.17) is 0 Å². The second-order valence-corrected chi connectivity index (χ2v) is 5.95. The molecule has 1 aliphatic rings. The van der Waals surface area contributed by atoms with Crippen molar-refractivity contribution in [3.63, 3.8) is 0 Å². The lowest BCUT2D eigenvalue weighted by Crippen LogP contribution is -2.44. The number of carbonyl (C=O) groups is 1. The van der Waals surface area contributed by atoms with Crippen LogP contribution in [0, 0.1) is 0 Å². The molecule has 3 rings (SSSR count). The maximum Gasteiger partial charge on any atom is 0.222 e. The molecule has 3 heterocycles. The molecule has 1 unspecified atom stereocenters. The van der Waals surface area contributed by atoms with E-state index >= 15 is 0 Å². The molecule has 1 aliphatic heterocycles. The van der Waals surface area contributed by atoms with Crippen molar-refractivity contribution in [1.29, 1.82) is 0 Å². The van der Waals surface area contributed by atoms with Crippen LogP contribution in [0.4, 0.5) is 0 Å². The summed E-state index contributed by atoms with van der Waals surface area (Å²) in [6.45, 7) is 4.06. The molecular formula is C17H24N6O. The summed E-state index contributed by atoms with van der Waals surface area (Å²) in [5.41, 5.74) is 1.89. The molecule has 2 aromatic rings. The standard InChI is InChI=1S/C17H24N6O/c1-3-16(24)23-9-7-13(11-23)21-17(18-2)19-10-14-12-22-8-5-4-6-15(22)20-14/h4-6,8,12-13H,3,7,9-11H2,1-2H3,(H2,18,19,21). The number of guanidine groups is 1. The largest absolute Gasteiger partial charge is 0.352 e. The smallest absolute Gasteiger partial charge is 0.222 e. The molecule has 7 nitrogen and oxygen atoms in total. The number of rotatable bonds is 4. The first kappa shape index (κ1) is 16.3. The number of imidazole rings is 1. The minimum atomic E-state index is 0.215. The molecule has 0 aromatic carbocycles. The summed E-state index contributed by atoms with van der Waals surface area (Å²) in [6.07, 6.45) is 5.50. The average molecular weight is 328 g/mol. The molecule has 1 saturated heterocycles. The fourth-order valence-corrected chi connectivity index (χ4v) is 2.96. The molecule has 2 N–H and O–H groups in total. The van der Waals surface area contributed by atoms with Gasteiger partial charge in [0.15, 0.2) is 5.96 Å². The summed E-state index contributed by atoms with van der Waals surface area (Å²) in [6, 6.07) is 6.18. The van der Waals surface area contributed by atoms with Gasteiger partial charge in [-0.25, -0.2) is 4.98 Å². The van der Waals surface area contributed by atoms with Crippen LogP contribution >= 0.6 is 0 Å². The van der Waals surface area contributed by atoms with E-state index in [0.29, 0.717) is 13.0 Å². The molecule has 0 saturated carbocycles. The maximum atomic E-state index is 11.8. The van der Waals surface area contributed by atoms with Gasteiger partial charge in [-0.2, -0.15) is 0 Å². The highest BCUT2D eigenvalue weighted by atomic mass is 16.2. The van der Waals surface area contributed by atoms with Crippen molar-refractivity contribution in [2.24, 2.45) is 4.99 Å². The van der Waals surface area contributed by atoms with Gasteiger partial charge in [0.25, 0.3) is 0 Å². The second kappa shape index (κ2) is 7.33. The third-order valence-corrected chi connectivity index (χ3v) is 4.26. The molecule has 7 heteroatoms. The minimum Gasteiger partial charge on any atom is -0.352 e. The van der Waals surface area contributed by atoms with Crippen molar-refractivity contribution in [1.82, 2.24) is 24.9 Å². The van der Waals surface area contributed by atoms with Crippen LogP contribution in [0.15, 0.2) is 35.6 Å². The van der Waals surface area contributed by atoms with Crippen molar-refractivity contribution in [2.45, 2.75) is 32.4 Å². The van der Waals surface area contributed by atoms with Gasteiger partial charge in [0, 0.05) is 45.0 Å². The van der Waals surface area contributed by atoms with Crippen LogP contribution in [0.5, 0.6) is 0 Å². The molecule has 0 radical (unpaired) electrons. The Morgan fingerprint density at radius 1 is 1.46 bits per heavy atom. The highest BCUT2D eigenvalue weighted by Gasteiger charge is 2.25. The topological polar surface area (TPSA) is 74.0 Å². The quantitative estimate of drug-likeness (QED) is 0.649. The number of fused-ring (bicyclic) bond motifs is 1. The van der Waals surface area contributed by atoms with E-state index in [1.54, 1.807) is 7.05 Å². The Morgan fingerprint density at radius 3 is 3.08 bits per heavy atom. The SMILES string of the molecule is CCC(=O)N1CCC(NC(=NC)NCc2cn3ccccc3n2)C1. The first-order valence-electron chi connectivity index (χ1n) is 8.37. The van der Waals surface area contributed by atoms with Gasteiger partial charge in [0.05, 0.1) is 12.2 Å². The minimum absolute atomic E-state index is 0.215. The van der Waals surface area contributed by atoms with Gasteiger partial charge in [0.2, 0.25) is 5.91 Å². The Kier molecular flexibility index (Phi) is 4.98. The van der Waals surface area contributed by atoms with Crippen LogP contribution in [-0.4, -0.2) is 52.3 Å². The van der Waals surface area contributed by atoms with Gasteiger partial charge in [-0.05, 0) is 18.6 Å². The van der Waals surface area contributed by atoms with E-state index in [1.807, 2.05) is 46.8 Å². The summed E-state index contributed by atoms with van der Waals surface area (Å²) in [4.78, 5) is 22.5. The molecule has 2 aromatic heterocycles. The van der Waals surface area contributed by atoms with Gasteiger partial charge < -0.3 is 19.9 Å². The first-order valence-corrected chi connectivity index (χ1v) is 8.37. The normalized spacial score (nSPS) is 18.2. The van der Waals surface area contributed by atoms with Crippen molar-refractivity contribution in [2.75, 3.05) is 20.1 Å². The molecule has 1 amide bonds. The molecule has 1 atom stereocenters. The molecule has 0 aliphatic carbocycles. The van der Waals surface area contributed by atoms with E-state index < -0.39 is 0 Å². The van der Waals surface area contributed by atoms with E-state index in [9.17, 15) is 4.79 Å². The van der Waals surface area contributed by atoms with Crippen LogP contribution in [-0.2, 0) is 11.3 Å². The highest BCUT2D eigenvalue weighted by Crippen LogP contribution is 2.10. The fraction of sp³-hybridized carbons (Fsp3) is 0.471. The van der Waals surface area contributed by atoms with Gasteiger partial charge in [-0.15, -0.1) is 0 Å². The molecular weight excluding hydrogens is 304 g/mol. The second-order valence-electron chi connectivity index (χ2n) is 5.95. The van der Waals surface area contributed by atoms with E-state index in [1.165, 1.54) is 0 Å². The van der Waals surface area contributed by atoms with Crippen LogP contribution in [0.2, 0.25) is 0 Å². The first-order chi connectivity index (χ1) is 11.7. The Labute approximate surface area is 141 Å². The number of hydrogen-bond donors (Lipinski definition) is 2. The number of amides is 1. The molecule has 0 spiro atoms. The van der Waals surface area contributed by atoms with Gasteiger partial charge >= 0.3 is 0 Å². The summed E-state index contributed by atoms with van der Waals surface area (Å²) in [5, 5.41) is 6.68. The number of nitrogens with zero attached hydrogens (tertiary/aromatic N) is 4. The van der Waals surface area contributed by atoms with E-state index in [0.717, 1.165) is 36.8 Å². The van der Waals surface area contributed by atoms with E-state index in [-0.39, 0.29) is 11.9 Å². The Morgan fingerprint density at radius 2 is 2.33 bits per heavy atom. The Balaban J connectivity index is 1.53. The van der Waals surface area contributed by atoms with E-state index in [2.05, 4.69) is 20.6 Å². The van der Waals surface area contributed by atoms with Crippen molar-refractivity contribution in [3.05, 3.63) is 36.3 Å². The zero-order chi connectivity index (χ0) is 16.9. The number of nitrogens with one attached hydrogen (secondary N) is 2. The molecule has 0 bridgehead atoms.